The summed E-state index contributed by atoms with van der Waals surface area (Å²) in [5, 5.41) is 2.87. The summed E-state index contributed by atoms with van der Waals surface area (Å²) in [6, 6.07) is 12.6. The van der Waals surface area contributed by atoms with Gasteiger partial charge in [-0.15, -0.1) is 6.42 Å². The van der Waals surface area contributed by atoms with Gasteiger partial charge in [0.2, 0.25) is 0 Å². The van der Waals surface area contributed by atoms with Crippen molar-refractivity contribution >= 4 is 21.6 Å². The Kier molecular flexibility index (Phi) is 6.93. The molecule has 2 aromatic carbocycles. The summed E-state index contributed by atoms with van der Waals surface area (Å²) in [7, 11) is -0.889. The highest BCUT2D eigenvalue weighted by atomic mass is 32.2. The molecular formula is C22H26N2O4S. The summed E-state index contributed by atoms with van der Waals surface area (Å²) >= 11 is 0. The third kappa shape index (κ3) is 4.54. The average molecular weight is 415 g/mol. The van der Waals surface area contributed by atoms with Gasteiger partial charge in [-0.05, 0) is 49.2 Å². The van der Waals surface area contributed by atoms with Crippen molar-refractivity contribution in [2.75, 3.05) is 18.5 Å². The Bertz CT molecular complexity index is 1000. The molecule has 154 valence electrons. The minimum absolute atomic E-state index is 0.0663. The summed E-state index contributed by atoms with van der Waals surface area (Å²) in [6.07, 6.45) is 6.79. The molecule has 0 atom stereocenters. The van der Waals surface area contributed by atoms with E-state index in [2.05, 4.69) is 11.2 Å². The Balaban J connectivity index is 2.29. The Hall–Kier alpha value is -2.98. The molecule has 0 aliphatic heterocycles. The van der Waals surface area contributed by atoms with Gasteiger partial charge in [0.05, 0.1) is 17.7 Å². The van der Waals surface area contributed by atoms with E-state index in [-0.39, 0.29) is 10.8 Å². The lowest BCUT2D eigenvalue weighted by Gasteiger charge is -2.27. The maximum atomic E-state index is 13.0. The number of rotatable bonds is 8. The van der Waals surface area contributed by atoms with Crippen molar-refractivity contribution < 1.29 is 17.9 Å². The first-order chi connectivity index (χ1) is 13.7. The second-order valence-electron chi connectivity index (χ2n) is 6.56. The molecular weight excluding hydrogens is 388 g/mol. The van der Waals surface area contributed by atoms with Gasteiger partial charge in [0.25, 0.3) is 15.9 Å². The number of amides is 1. The van der Waals surface area contributed by atoms with Crippen LogP contribution in [0.2, 0.25) is 0 Å². The van der Waals surface area contributed by atoms with Crippen LogP contribution in [0.5, 0.6) is 5.75 Å². The average Bonchev–Trinajstić information content (AvgIpc) is 2.76. The fraction of sp³-hybridized carbons (Fsp3) is 0.318. The maximum absolute atomic E-state index is 13.0. The molecule has 0 aliphatic rings. The van der Waals surface area contributed by atoms with Crippen molar-refractivity contribution in [3.8, 4) is 18.1 Å². The number of sulfonamides is 1. The standard InChI is InChI=1S/C22H26N2O4S/c1-6-22(7-2,8-3)23-21(25)17-13-15-18(16-14-17)29(26,27)24(4)19-11-9-10-12-20(19)28-5/h1,9-16H,7-8H2,2-5H3,(H,23,25). The second kappa shape index (κ2) is 9.01. The number of anilines is 1. The number of carbonyl (C=O) groups excluding carboxylic acids is 1. The first-order valence-corrected chi connectivity index (χ1v) is 10.7. The summed E-state index contributed by atoms with van der Waals surface area (Å²) in [5.74, 6) is 2.75. The van der Waals surface area contributed by atoms with Crippen LogP contribution in [0.3, 0.4) is 0 Å². The van der Waals surface area contributed by atoms with Crippen LogP contribution in [0.4, 0.5) is 5.69 Å². The first-order valence-electron chi connectivity index (χ1n) is 9.27. The van der Waals surface area contributed by atoms with E-state index in [0.717, 1.165) is 4.31 Å². The number of para-hydroxylation sites is 2. The van der Waals surface area contributed by atoms with E-state index in [1.165, 1.54) is 38.4 Å². The number of carbonyl (C=O) groups is 1. The Labute approximate surface area is 172 Å². The molecule has 0 spiro atoms. The SMILES string of the molecule is C#CC(CC)(CC)NC(=O)c1ccc(S(=O)(=O)N(C)c2ccccc2OC)cc1. The van der Waals surface area contributed by atoms with Crippen LogP contribution in [-0.4, -0.2) is 34.0 Å². The van der Waals surface area contributed by atoms with Crippen molar-refractivity contribution in [3.63, 3.8) is 0 Å². The zero-order valence-electron chi connectivity index (χ0n) is 17.1. The summed E-state index contributed by atoms with van der Waals surface area (Å²) in [5.41, 5.74) is 0.0401. The monoisotopic (exact) mass is 414 g/mol. The van der Waals surface area contributed by atoms with Gasteiger partial charge >= 0.3 is 0 Å². The minimum Gasteiger partial charge on any atom is -0.495 e. The molecule has 0 radical (unpaired) electrons. The van der Waals surface area contributed by atoms with Gasteiger partial charge in [-0.3, -0.25) is 9.10 Å². The number of hydrogen-bond acceptors (Lipinski definition) is 4. The van der Waals surface area contributed by atoms with Crippen LogP contribution >= 0.6 is 0 Å². The van der Waals surface area contributed by atoms with E-state index >= 15 is 0 Å². The first kappa shape index (κ1) is 22.3. The Morgan fingerprint density at radius 3 is 2.24 bits per heavy atom. The lowest BCUT2D eigenvalue weighted by atomic mass is 9.93. The molecule has 0 saturated heterocycles. The molecule has 0 unspecified atom stereocenters. The summed E-state index contributed by atoms with van der Waals surface area (Å²) in [6.45, 7) is 3.82. The lowest BCUT2D eigenvalue weighted by molar-refractivity contribution is 0.0916. The van der Waals surface area contributed by atoms with E-state index in [1.807, 2.05) is 13.8 Å². The fourth-order valence-electron chi connectivity index (χ4n) is 2.91. The van der Waals surface area contributed by atoms with Gasteiger partial charge in [0.15, 0.2) is 0 Å². The van der Waals surface area contributed by atoms with E-state index in [1.54, 1.807) is 24.3 Å². The zero-order chi connectivity index (χ0) is 21.7. The molecule has 0 heterocycles. The molecule has 2 rings (SSSR count). The van der Waals surface area contributed by atoms with Gasteiger partial charge in [0, 0.05) is 12.6 Å². The highest BCUT2D eigenvalue weighted by molar-refractivity contribution is 7.92. The molecule has 0 aliphatic carbocycles. The van der Waals surface area contributed by atoms with Crippen LogP contribution in [0, 0.1) is 12.3 Å². The third-order valence-electron chi connectivity index (χ3n) is 5.04. The van der Waals surface area contributed by atoms with Crippen LogP contribution < -0.4 is 14.4 Å². The normalized spacial score (nSPS) is 11.4. The van der Waals surface area contributed by atoms with Gasteiger partial charge in [0.1, 0.15) is 11.3 Å². The van der Waals surface area contributed by atoms with Crippen LogP contribution in [0.1, 0.15) is 37.0 Å². The predicted octanol–water partition coefficient (Wildman–Crippen LogP) is 3.44. The highest BCUT2D eigenvalue weighted by Crippen LogP contribution is 2.30. The topological polar surface area (TPSA) is 75.7 Å². The molecule has 7 heteroatoms. The molecule has 0 fully saturated rings. The van der Waals surface area contributed by atoms with Crippen molar-refractivity contribution in [2.24, 2.45) is 0 Å². The third-order valence-corrected chi connectivity index (χ3v) is 6.82. The van der Waals surface area contributed by atoms with Crippen molar-refractivity contribution in [3.05, 3.63) is 54.1 Å². The van der Waals surface area contributed by atoms with Crippen molar-refractivity contribution in [1.29, 1.82) is 0 Å². The smallest absolute Gasteiger partial charge is 0.264 e. The van der Waals surface area contributed by atoms with E-state index in [0.29, 0.717) is 29.8 Å². The molecule has 1 N–H and O–H groups in total. The van der Waals surface area contributed by atoms with Crippen molar-refractivity contribution in [2.45, 2.75) is 37.1 Å². The number of terminal acetylenes is 1. The zero-order valence-corrected chi connectivity index (χ0v) is 17.9. The number of methoxy groups -OCH3 is 1. The molecule has 0 saturated carbocycles. The van der Waals surface area contributed by atoms with E-state index in [9.17, 15) is 13.2 Å². The predicted molar refractivity (Wildman–Crippen MR) is 115 cm³/mol. The number of nitrogens with one attached hydrogen (secondary N) is 1. The quantitative estimate of drug-likeness (QED) is 0.672. The van der Waals surface area contributed by atoms with E-state index < -0.39 is 15.6 Å². The molecule has 0 bridgehead atoms. The van der Waals surface area contributed by atoms with Crippen molar-refractivity contribution in [1.82, 2.24) is 5.32 Å². The molecule has 1 amide bonds. The Morgan fingerprint density at radius 1 is 1.14 bits per heavy atom. The fourth-order valence-corrected chi connectivity index (χ4v) is 4.12. The number of nitrogens with zero attached hydrogens (tertiary/aromatic N) is 1. The van der Waals surface area contributed by atoms with Gasteiger partial charge < -0.3 is 10.1 Å². The molecule has 2 aromatic rings. The number of benzene rings is 2. The van der Waals surface area contributed by atoms with Crippen LogP contribution in [0.25, 0.3) is 0 Å². The van der Waals surface area contributed by atoms with Gasteiger partial charge in [-0.25, -0.2) is 8.42 Å². The molecule has 6 nitrogen and oxygen atoms in total. The maximum Gasteiger partial charge on any atom is 0.264 e. The highest BCUT2D eigenvalue weighted by Gasteiger charge is 2.27. The minimum atomic E-state index is -3.83. The largest absolute Gasteiger partial charge is 0.495 e. The summed E-state index contributed by atoms with van der Waals surface area (Å²) in [4.78, 5) is 12.6. The van der Waals surface area contributed by atoms with Gasteiger partial charge in [-0.2, -0.15) is 0 Å². The summed E-state index contributed by atoms with van der Waals surface area (Å²) < 4.78 is 32.4. The number of ether oxygens (including phenoxy) is 1. The Morgan fingerprint density at radius 2 is 1.72 bits per heavy atom. The van der Waals surface area contributed by atoms with Gasteiger partial charge in [-0.1, -0.05) is 31.9 Å². The molecule has 29 heavy (non-hydrogen) atoms. The second-order valence-corrected chi connectivity index (χ2v) is 8.53. The van der Waals surface area contributed by atoms with E-state index in [4.69, 9.17) is 11.2 Å². The van der Waals surface area contributed by atoms with Crippen LogP contribution in [0.15, 0.2) is 53.4 Å². The lowest BCUT2D eigenvalue weighted by Crippen LogP contribution is -2.46. The van der Waals surface area contributed by atoms with Crippen LogP contribution in [-0.2, 0) is 10.0 Å². The number of hydrogen-bond donors (Lipinski definition) is 1. The molecule has 0 aromatic heterocycles.